The molecule has 0 aromatic heterocycles. The molecule has 0 saturated carbocycles. The van der Waals surface area contributed by atoms with E-state index in [2.05, 4.69) is 21.1 Å². The van der Waals surface area contributed by atoms with Crippen LogP contribution in [0.2, 0.25) is 0 Å². The van der Waals surface area contributed by atoms with Gasteiger partial charge in [0.1, 0.15) is 13.2 Å². The highest BCUT2D eigenvalue weighted by molar-refractivity contribution is 5.85. The van der Waals surface area contributed by atoms with Crippen molar-refractivity contribution in [1.82, 2.24) is 0 Å². The molecule has 0 spiro atoms. The van der Waals surface area contributed by atoms with Crippen molar-refractivity contribution in [1.29, 1.82) is 0 Å². The Bertz CT molecular complexity index is 123. The van der Waals surface area contributed by atoms with Crippen LogP contribution in [0, 0.1) is 0 Å². The number of halogens is 2. The van der Waals surface area contributed by atoms with E-state index in [4.69, 9.17) is 4.74 Å². The quantitative estimate of drug-likeness (QED) is 0.393. The molecule has 0 aliphatic heterocycles. The van der Waals surface area contributed by atoms with Crippen LogP contribution in [0.4, 0.5) is 0 Å². The van der Waals surface area contributed by atoms with E-state index in [1.807, 2.05) is 0 Å². The number of ether oxygens (including phenoxy) is 1. The van der Waals surface area contributed by atoms with Gasteiger partial charge in [0.15, 0.2) is 0 Å². The first-order chi connectivity index (χ1) is 4.42. The van der Waals surface area contributed by atoms with Gasteiger partial charge in [0.25, 0.3) is 0 Å². The Morgan fingerprint density at radius 1 is 1.33 bits per heavy atom. The maximum Gasteiger partial charge on any atom is 0.302 e. The number of nitrogens with zero attached hydrogens (tertiary/aromatic N) is 1. The van der Waals surface area contributed by atoms with Gasteiger partial charge in [-0.15, -0.1) is 12.4 Å². The summed E-state index contributed by atoms with van der Waals surface area (Å²) in [4.78, 5) is 10.3. The van der Waals surface area contributed by atoms with Crippen LogP contribution in [0.1, 0.15) is 6.92 Å². The van der Waals surface area contributed by atoms with Gasteiger partial charge >= 0.3 is 5.97 Å². The fourth-order valence-corrected chi connectivity index (χ4v) is 0.463. The molecule has 0 N–H and O–H groups in total. The van der Waals surface area contributed by atoms with Crippen LogP contribution in [-0.4, -0.2) is 44.7 Å². The van der Waals surface area contributed by atoms with Gasteiger partial charge < -0.3 is 21.6 Å². The average molecular weight is 218 g/mol. The van der Waals surface area contributed by atoms with Gasteiger partial charge in [-0.2, -0.15) is 0 Å². The second-order valence-corrected chi connectivity index (χ2v) is 3.35. The molecule has 0 saturated heterocycles. The molecule has 5 heteroatoms. The molecular formula is C7H17Cl2NO2. The Hall–Kier alpha value is 0.01000. The number of hydrogen-bond acceptors (Lipinski definition) is 2. The summed E-state index contributed by atoms with van der Waals surface area (Å²) < 4.78 is 5.59. The molecule has 0 aliphatic carbocycles. The molecule has 76 valence electrons. The van der Waals surface area contributed by atoms with Crippen molar-refractivity contribution in [3.63, 3.8) is 0 Å². The van der Waals surface area contributed by atoms with Crippen LogP contribution >= 0.6 is 12.4 Å². The lowest BCUT2D eigenvalue weighted by atomic mass is 10.5. The van der Waals surface area contributed by atoms with Crippen molar-refractivity contribution in [2.45, 2.75) is 6.92 Å². The summed E-state index contributed by atoms with van der Waals surface area (Å²) >= 11 is 0. The molecule has 0 heterocycles. The number of carbonyl (C=O) groups is 1. The van der Waals surface area contributed by atoms with E-state index >= 15 is 0 Å². The van der Waals surface area contributed by atoms with Crippen molar-refractivity contribution >= 4 is 18.4 Å². The smallest absolute Gasteiger partial charge is 0.302 e. The SMILES string of the molecule is CC(=O)OCC[N+](C)(C)C.Cl.[Cl-]. The summed E-state index contributed by atoms with van der Waals surface area (Å²) in [6.07, 6.45) is 0. The van der Waals surface area contributed by atoms with Gasteiger partial charge in [0.2, 0.25) is 0 Å². The van der Waals surface area contributed by atoms with E-state index in [-0.39, 0.29) is 30.8 Å². The van der Waals surface area contributed by atoms with Crippen molar-refractivity contribution in [3.05, 3.63) is 0 Å². The highest BCUT2D eigenvalue weighted by Crippen LogP contribution is 1.88. The lowest BCUT2D eigenvalue weighted by Crippen LogP contribution is -3.00. The van der Waals surface area contributed by atoms with E-state index in [9.17, 15) is 4.79 Å². The lowest BCUT2D eigenvalue weighted by Gasteiger charge is -2.23. The minimum atomic E-state index is -0.201. The minimum absolute atomic E-state index is 0. The molecule has 0 bridgehead atoms. The Labute approximate surface area is 86.5 Å². The van der Waals surface area contributed by atoms with Gasteiger partial charge in [0.05, 0.1) is 21.1 Å². The predicted octanol–water partition coefficient (Wildman–Crippen LogP) is -2.32. The van der Waals surface area contributed by atoms with Gasteiger partial charge in [-0.3, -0.25) is 4.79 Å². The number of rotatable bonds is 3. The first-order valence-corrected chi connectivity index (χ1v) is 3.35. The molecule has 3 nitrogen and oxygen atoms in total. The van der Waals surface area contributed by atoms with Crippen molar-refractivity contribution < 1.29 is 26.4 Å². The second kappa shape index (κ2) is 7.65. The van der Waals surface area contributed by atoms with Crippen LogP contribution in [0.25, 0.3) is 0 Å². The molecule has 0 amide bonds. The Kier molecular flexibility index (Phi) is 11.4. The molecule has 0 aromatic rings. The molecule has 0 radical (unpaired) electrons. The number of carbonyl (C=O) groups excluding carboxylic acids is 1. The number of esters is 1. The fraction of sp³-hybridized carbons (Fsp3) is 0.857. The number of hydrogen-bond donors (Lipinski definition) is 0. The van der Waals surface area contributed by atoms with Crippen molar-refractivity contribution in [3.8, 4) is 0 Å². The summed E-state index contributed by atoms with van der Waals surface area (Å²) in [7, 11) is 6.18. The summed E-state index contributed by atoms with van der Waals surface area (Å²) in [5.41, 5.74) is 0. The third kappa shape index (κ3) is 16.5. The van der Waals surface area contributed by atoms with E-state index in [1.165, 1.54) is 6.92 Å². The Morgan fingerprint density at radius 3 is 2.00 bits per heavy atom. The van der Waals surface area contributed by atoms with E-state index in [0.29, 0.717) is 6.61 Å². The number of likely N-dealkylation sites (N-methyl/N-ethyl adjacent to an activating group) is 1. The molecule has 0 fully saturated rings. The zero-order valence-electron chi connectivity index (χ0n) is 7.96. The van der Waals surface area contributed by atoms with Crippen molar-refractivity contribution in [2.75, 3.05) is 34.3 Å². The molecule has 12 heavy (non-hydrogen) atoms. The Morgan fingerprint density at radius 2 is 1.75 bits per heavy atom. The fourth-order valence-electron chi connectivity index (χ4n) is 0.463. The van der Waals surface area contributed by atoms with Crippen LogP contribution in [0.5, 0.6) is 0 Å². The molecule has 0 rings (SSSR count). The first kappa shape index (κ1) is 17.9. The minimum Gasteiger partial charge on any atom is -1.00 e. The highest BCUT2D eigenvalue weighted by Gasteiger charge is 2.06. The zero-order chi connectivity index (χ0) is 8.20. The summed E-state index contributed by atoms with van der Waals surface area (Å²) in [6.45, 7) is 2.80. The van der Waals surface area contributed by atoms with E-state index < -0.39 is 0 Å². The Balaban J connectivity index is -0.000000405. The standard InChI is InChI=1S/C7H16NO2.2ClH/c1-7(9)10-6-5-8(2,3)4;;/h5-6H2,1-4H3;2*1H/q+1;;/p-1. The average Bonchev–Trinajstić information content (AvgIpc) is 1.59. The lowest BCUT2D eigenvalue weighted by molar-refractivity contribution is -0.870. The van der Waals surface area contributed by atoms with Crippen molar-refractivity contribution in [2.24, 2.45) is 0 Å². The third-order valence-corrected chi connectivity index (χ3v) is 1.07. The summed E-state index contributed by atoms with van der Waals surface area (Å²) in [6, 6.07) is 0. The van der Waals surface area contributed by atoms with Crippen LogP contribution < -0.4 is 12.4 Å². The normalized spacial score (nSPS) is 9.33. The van der Waals surface area contributed by atoms with Crippen LogP contribution in [0.15, 0.2) is 0 Å². The molecule has 0 aliphatic rings. The van der Waals surface area contributed by atoms with Gasteiger partial charge in [0, 0.05) is 6.92 Å². The topological polar surface area (TPSA) is 26.3 Å². The maximum absolute atomic E-state index is 10.3. The third-order valence-electron chi connectivity index (χ3n) is 1.07. The molecule has 0 atom stereocenters. The molecular weight excluding hydrogens is 201 g/mol. The van der Waals surface area contributed by atoms with Gasteiger partial charge in [-0.25, -0.2) is 0 Å². The maximum atomic E-state index is 10.3. The van der Waals surface area contributed by atoms with Crippen LogP contribution in [-0.2, 0) is 9.53 Å². The summed E-state index contributed by atoms with van der Waals surface area (Å²) in [5, 5.41) is 0. The zero-order valence-corrected chi connectivity index (χ0v) is 9.54. The van der Waals surface area contributed by atoms with E-state index in [0.717, 1.165) is 11.0 Å². The van der Waals surface area contributed by atoms with E-state index in [1.54, 1.807) is 0 Å². The summed E-state index contributed by atoms with van der Waals surface area (Å²) in [5.74, 6) is -0.201. The largest absolute Gasteiger partial charge is 1.00 e. The predicted molar refractivity (Wildman–Crippen MR) is 46.8 cm³/mol. The monoisotopic (exact) mass is 217 g/mol. The van der Waals surface area contributed by atoms with Gasteiger partial charge in [-0.1, -0.05) is 0 Å². The highest BCUT2D eigenvalue weighted by atomic mass is 35.5. The second-order valence-electron chi connectivity index (χ2n) is 3.35. The van der Waals surface area contributed by atoms with Gasteiger partial charge in [-0.05, 0) is 0 Å². The number of quaternary nitrogens is 1. The first-order valence-electron chi connectivity index (χ1n) is 3.35. The molecule has 0 aromatic carbocycles. The molecule has 0 unspecified atom stereocenters. The van der Waals surface area contributed by atoms with Crippen LogP contribution in [0.3, 0.4) is 0 Å².